The first-order valence-corrected chi connectivity index (χ1v) is 5.66. The van der Waals surface area contributed by atoms with Gasteiger partial charge < -0.3 is 4.90 Å². The molecule has 0 saturated carbocycles. The maximum absolute atomic E-state index is 13.0. The van der Waals surface area contributed by atoms with Gasteiger partial charge in [-0.2, -0.15) is 0 Å². The van der Waals surface area contributed by atoms with Gasteiger partial charge in [0.1, 0.15) is 6.17 Å². The molecule has 1 aliphatic rings. The molecule has 0 aromatic heterocycles. The van der Waals surface area contributed by atoms with E-state index in [1.54, 1.807) is 0 Å². The Hall–Kier alpha value is -1.05. The van der Waals surface area contributed by atoms with E-state index in [-0.39, 0.29) is 0 Å². The van der Waals surface area contributed by atoms with Crippen LogP contribution < -0.4 is 4.90 Å². The standard InChI is InChI=1S/C13H18FN/c1-10(2)11-3-5-13(6-4-11)15-8-7-12(14)9-15/h3-6,10,12H,7-9H2,1-2H3/t12-/m1/s1. The third kappa shape index (κ3) is 2.31. The summed E-state index contributed by atoms with van der Waals surface area (Å²) in [5, 5.41) is 0. The summed E-state index contributed by atoms with van der Waals surface area (Å²) in [5.74, 6) is 0.562. The van der Waals surface area contributed by atoms with Gasteiger partial charge >= 0.3 is 0 Å². The Kier molecular flexibility index (Phi) is 2.94. The number of hydrogen-bond acceptors (Lipinski definition) is 1. The molecule has 1 saturated heterocycles. The van der Waals surface area contributed by atoms with Crippen LogP contribution >= 0.6 is 0 Å². The highest BCUT2D eigenvalue weighted by Gasteiger charge is 2.21. The Morgan fingerprint density at radius 1 is 1.27 bits per heavy atom. The molecule has 0 spiro atoms. The molecule has 15 heavy (non-hydrogen) atoms. The molecule has 82 valence electrons. The van der Waals surface area contributed by atoms with E-state index in [1.165, 1.54) is 5.56 Å². The minimum absolute atomic E-state index is 0.557. The van der Waals surface area contributed by atoms with Crippen LogP contribution in [-0.4, -0.2) is 19.3 Å². The molecule has 1 aromatic carbocycles. The van der Waals surface area contributed by atoms with Crippen LogP contribution in [0.1, 0.15) is 31.7 Å². The van der Waals surface area contributed by atoms with Crippen LogP contribution in [0.25, 0.3) is 0 Å². The van der Waals surface area contributed by atoms with E-state index in [0.29, 0.717) is 18.9 Å². The molecule has 2 rings (SSSR count). The minimum Gasteiger partial charge on any atom is -0.369 e. The van der Waals surface area contributed by atoms with Crippen molar-refractivity contribution in [2.45, 2.75) is 32.4 Å². The number of hydrogen-bond donors (Lipinski definition) is 0. The monoisotopic (exact) mass is 207 g/mol. The summed E-state index contributed by atoms with van der Waals surface area (Å²) < 4.78 is 13.0. The molecule has 1 fully saturated rings. The summed E-state index contributed by atoms with van der Waals surface area (Å²) in [7, 11) is 0. The number of nitrogens with zero attached hydrogens (tertiary/aromatic N) is 1. The first-order chi connectivity index (χ1) is 7.16. The highest BCUT2D eigenvalue weighted by atomic mass is 19.1. The molecule has 0 unspecified atom stereocenters. The quantitative estimate of drug-likeness (QED) is 0.718. The number of anilines is 1. The molecular formula is C13H18FN. The van der Waals surface area contributed by atoms with E-state index in [9.17, 15) is 4.39 Å². The lowest BCUT2D eigenvalue weighted by molar-refractivity contribution is 0.364. The SMILES string of the molecule is CC(C)c1ccc(N2CC[C@@H](F)C2)cc1. The summed E-state index contributed by atoms with van der Waals surface area (Å²) in [5.41, 5.74) is 2.49. The van der Waals surface area contributed by atoms with Crippen LogP contribution in [0.2, 0.25) is 0 Å². The van der Waals surface area contributed by atoms with Gasteiger partial charge in [-0.05, 0) is 30.0 Å². The largest absolute Gasteiger partial charge is 0.369 e. The lowest BCUT2D eigenvalue weighted by Gasteiger charge is -2.18. The average Bonchev–Trinajstić information content (AvgIpc) is 2.65. The van der Waals surface area contributed by atoms with Gasteiger partial charge in [0.15, 0.2) is 0 Å². The normalized spacial score (nSPS) is 21.3. The van der Waals surface area contributed by atoms with Gasteiger partial charge in [-0.15, -0.1) is 0 Å². The highest BCUT2D eigenvalue weighted by Crippen LogP contribution is 2.24. The van der Waals surface area contributed by atoms with Crippen LogP contribution in [-0.2, 0) is 0 Å². The first kappa shape index (κ1) is 10.5. The lowest BCUT2D eigenvalue weighted by Crippen LogP contribution is -2.19. The fraction of sp³-hybridized carbons (Fsp3) is 0.538. The third-order valence-electron chi connectivity index (χ3n) is 3.06. The Morgan fingerprint density at radius 3 is 2.40 bits per heavy atom. The Morgan fingerprint density at radius 2 is 1.93 bits per heavy atom. The second-order valence-electron chi connectivity index (χ2n) is 4.58. The topological polar surface area (TPSA) is 3.24 Å². The van der Waals surface area contributed by atoms with Crippen LogP contribution in [0.15, 0.2) is 24.3 Å². The number of rotatable bonds is 2. The van der Waals surface area contributed by atoms with E-state index in [2.05, 4.69) is 43.0 Å². The molecule has 0 N–H and O–H groups in total. The predicted molar refractivity (Wildman–Crippen MR) is 62.3 cm³/mol. The van der Waals surface area contributed by atoms with Crippen LogP contribution in [0, 0.1) is 0 Å². The smallest absolute Gasteiger partial charge is 0.119 e. The van der Waals surface area contributed by atoms with Crippen LogP contribution in [0.3, 0.4) is 0 Å². The Labute approximate surface area is 90.9 Å². The molecule has 0 amide bonds. The summed E-state index contributed by atoms with van der Waals surface area (Å²) >= 11 is 0. The van der Waals surface area contributed by atoms with Crippen molar-refractivity contribution in [3.63, 3.8) is 0 Å². The zero-order valence-electron chi connectivity index (χ0n) is 9.41. The average molecular weight is 207 g/mol. The molecular weight excluding hydrogens is 189 g/mol. The van der Waals surface area contributed by atoms with Gasteiger partial charge in [0.25, 0.3) is 0 Å². The molecule has 1 nitrogen and oxygen atoms in total. The Bertz CT molecular complexity index is 318. The van der Waals surface area contributed by atoms with Crippen molar-refractivity contribution in [3.05, 3.63) is 29.8 Å². The Balaban J connectivity index is 2.10. The van der Waals surface area contributed by atoms with Crippen molar-refractivity contribution < 1.29 is 4.39 Å². The van der Waals surface area contributed by atoms with E-state index in [4.69, 9.17) is 0 Å². The van der Waals surface area contributed by atoms with Crippen LogP contribution in [0.5, 0.6) is 0 Å². The highest BCUT2D eigenvalue weighted by molar-refractivity contribution is 5.49. The van der Waals surface area contributed by atoms with Gasteiger partial charge in [0.2, 0.25) is 0 Å². The van der Waals surface area contributed by atoms with E-state index in [1.807, 2.05) is 0 Å². The van der Waals surface area contributed by atoms with Crippen molar-refractivity contribution in [1.29, 1.82) is 0 Å². The van der Waals surface area contributed by atoms with Crippen molar-refractivity contribution >= 4 is 5.69 Å². The first-order valence-electron chi connectivity index (χ1n) is 5.66. The maximum atomic E-state index is 13.0. The third-order valence-corrected chi connectivity index (χ3v) is 3.06. The van der Waals surface area contributed by atoms with Crippen LogP contribution in [0.4, 0.5) is 10.1 Å². The van der Waals surface area contributed by atoms with Crippen molar-refractivity contribution in [2.75, 3.05) is 18.0 Å². The maximum Gasteiger partial charge on any atom is 0.119 e. The van der Waals surface area contributed by atoms with Gasteiger partial charge in [-0.1, -0.05) is 26.0 Å². The second-order valence-corrected chi connectivity index (χ2v) is 4.58. The molecule has 1 aliphatic heterocycles. The van der Waals surface area contributed by atoms with E-state index in [0.717, 1.165) is 12.2 Å². The van der Waals surface area contributed by atoms with Crippen molar-refractivity contribution in [2.24, 2.45) is 0 Å². The summed E-state index contributed by atoms with van der Waals surface area (Å²) in [6.45, 7) is 5.77. The summed E-state index contributed by atoms with van der Waals surface area (Å²) in [4.78, 5) is 2.12. The molecule has 0 bridgehead atoms. The minimum atomic E-state index is -0.644. The lowest BCUT2D eigenvalue weighted by atomic mass is 10.0. The fourth-order valence-corrected chi connectivity index (χ4v) is 2.02. The molecule has 1 aromatic rings. The van der Waals surface area contributed by atoms with Crippen molar-refractivity contribution in [1.82, 2.24) is 0 Å². The van der Waals surface area contributed by atoms with Gasteiger partial charge in [-0.3, -0.25) is 0 Å². The second kappa shape index (κ2) is 4.21. The molecule has 0 radical (unpaired) electrons. The summed E-state index contributed by atoms with van der Waals surface area (Å²) in [6.07, 6.45) is 0.0288. The van der Waals surface area contributed by atoms with Gasteiger partial charge in [-0.25, -0.2) is 4.39 Å². The van der Waals surface area contributed by atoms with Gasteiger partial charge in [0, 0.05) is 18.8 Å². The molecule has 2 heteroatoms. The summed E-state index contributed by atoms with van der Waals surface area (Å²) in [6, 6.07) is 8.50. The van der Waals surface area contributed by atoms with Gasteiger partial charge in [0.05, 0.1) is 0 Å². The molecule has 0 aliphatic carbocycles. The fourth-order valence-electron chi connectivity index (χ4n) is 2.02. The predicted octanol–water partition coefficient (Wildman–Crippen LogP) is 3.36. The van der Waals surface area contributed by atoms with E-state index >= 15 is 0 Å². The number of alkyl halides is 1. The zero-order valence-corrected chi connectivity index (χ0v) is 9.41. The van der Waals surface area contributed by atoms with Crippen molar-refractivity contribution in [3.8, 4) is 0 Å². The molecule has 1 atom stereocenters. The number of halogens is 1. The number of benzene rings is 1. The zero-order chi connectivity index (χ0) is 10.8. The molecule has 1 heterocycles. The van der Waals surface area contributed by atoms with E-state index < -0.39 is 6.17 Å².